The van der Waals surface area contributed by atoms with E-state index in [9.17, 15) is 0 Å². The van der Waals surface area contributed by atoms with Gasteiger partial charge in [0, 0.05) is 16.8 Å². The Labute approximate surface area is 129 Å². The lowest BCUT2D eigenvalue weighted by molar-refractivity contribution is 0.174. The Morgan fingerprint density at radius 3 is 2.67 bits per heavy atom. The summed E-state index contributed by atoms with van der Waals surface area (Å²) in [5, 5.41) is 4.24. The average Bonchev–Trinajstić information content (AvgIpc) is 2.95. The van der Waals surface area contributed by atoms with Crippen LogP contribution in [0.2, 0.25) is 5.02 Å². The van der Waals surface area contributed by atoms with Crippen molar-refractivity contribution in [1.29, 1.82) is 0 Å². The number of halogens is 1. The maximum atomic E-state index is 5.89. The van der Waals surface area contributed by atoms with Crippen LogP contribution in [0.3, 0.4) is 0 Å². The second-order valence-electron chi connectivity index (χ2n) is 5.28. The number of rotatable bonds is 5. The first kappa shape index (κ1) is 14.1. The van der Waals surface area contributed by atoms with Gasteiger partial charge in [0.15, 0.2) is 11.5 Å². The fourth-order valence-electron chi connectivity index (χ4n) is 2.38. The summed E-state index contributed by atoms with van der Waals surface area (Å²) in [6.45, 7) is 2.51. The maximum Gasteiger partial charge on any atom is 0.231 e. The molecule has 0 aromatic heterocycles. The normalized spacial score (nSPS) is 14.0. The lowest BCUT2D eigenvalue weighted by Gasteiger charge is -2.15. The largest absolute Gasteiger partial charge is 0.454 e. The van der Waals surface area contributed by atoms with E-state index in [1.165, 1.54) is 5.56 Å². The van der Waals surface area contributed by atoms with Gasteiger partial charge in [-0.05, 0) is 61.7 Å². The van der Waals surface area contributed by atoms with E-state index in [1.54, 1.807) is 0 Å². The van der Waals surface area contributed by atoms with Gasteiger partial charge in [-0.25, -0.2) is 0 Å². The molecule has 0 radical (unpaired) electrons. The van der Waals surface area contributed by atoms with Crippen molar-refractivity contribution in [2.45, 2.75) is 25.8 Å². The molecule has 4 heteroatoms. The van der Waals surface area contributed by atoms with E-state index < -0.39 is 0 Å². The molecule has 0 fully saturated rings. The summed E-state index contributed by atoms with van der Waals surface area (Å²) >= 11 is 5.89. The van der Waals surface area contributed by atoms with Gasteiger partial charge in [0.25, 0.3) is 0 Å². The van der Waals surface area contributed by atoms with Gasteiger partial charge >= 0.3 is 0 Å². The van der Waals surface area contributed by atoms with E-state index in [0.29, 0.717) is 12.8 Å². The van der Waals surface area contributed by atoms with Crippen LogP contribution in [0.25, 0.3) is 0 Å². The number of fused-ring (bicyclic) bond motifs is 1. The molecule has 2 aromatic carbocycles. The summed E-state index contributed by atoms with van der Waals surface area (Å²) in [5.74, 6) is 1.69. The zero-order valence-corrected chi connectivity index (χ0v) is 12.7. The third-order valence-corrected chi connectivity index (χ3v) is 3.81. The molecule has 3 nitrogen and oxygen atoms in total. The number of aryl methyl sites for hydroxylation is 1. The summed E-state index contributed by atoms with van der Waals surface area (Å²) < 4.78 is 10.7. The van der Waals surface area contributed by atoms with Crippen molar-refractivity contribution in [3.8, 4) is 11.5 Å². The minimum Gasteiger partial charge on any atom is -0.454 e. The molecule has 1 aliphatic heterocycles. The predicted molar refractivity (Wildman–Crippen MR) is 85.4 cm³/mol. The molecular weight excluding hydrogens is 286 g/mol. The van der Waals surface area contributed by atoms with Crippen molar-refractivity contribution >= 4 is 17.3 Å². The van der Waals surface area contributed by atoms with Gasteiger partial charge in [-0.3, -0.25) is 0 Å². The molecule has 0 spiro atoms. The zero-order chi connectivity index (χ0) is 14.7. The Morgan fingerprint density at radius 1 is 1.10 bits per heavy atom. The van der Waals surface area contributed by atoms with Gasteiger partial charge in [0.2, 0.25) is 6.79 Å². The second-order valence-corrected chi connectivity index (χ2v) is 5.72. The van der Waals surface area contributed by atoms with Gasteiger partial charge < -0.3 is 14.8 Å². The van der Waals surface area contributed by atoms with Crippen LogP contribution in [-0.4, -0.2) is 12.8 Å². The summed E-state index contributed by atoms with van der Waals surface area (Å²) in [7, 11) is 0. The van der Waals surface area contributed by atoms with E-state index in [1.807, 2.05) is 30.3 Å². The molecule has 0 aliphatic carbocycles. The molecule has 0 amide bonds. The lowest BCUT2D eigenvalue weighted by Crippen LogP contribution is -2.15. The molecule has 1 atom stereocenters. The third kappa shape index (κ3) is 3.61. The van der Waals surface area contributed by atoms with Gasteiger partial charge in [0.05, 0.1) is 0 Å². The molecule has 1 heterocycles. The van der Waals surface area contributed by atoms with E-state index in [4.69, 9.17) is 21.1 Å². The number of benzene rings is 2. The number of nitrogens with one attached hydrogen (secondary N) is 1. The highest BCUT2D eigenvalue weighted by Gasteiger charge is 2.13. The van der Waals surface area contributed by atoms with Crippen LogP contribution in [0.5, 0.6) is 11.5 Å². The van der Waals surface area contributed by atoms with Crippen molar-refractivity contribution in [2.24, 2.45) is 0 Å². The number of ether oxygens (including phenoxy) is 2. The summed E-state index contributed by atoms with van der Waals surface area (Å²) in [6, 6.07) is 14.3. The van der Waals surface area contributed by atoms with E-state index >= 15 is 0 Å². The first-order valence-electron chi connectivity index (χ1n) is 7.11. The first-order valence-corrected chi connectivity index (χ1v) is 7.49. The fraction of sp³-hybridized carbons (Fsp3) is 0.294. The van der Waals surface area contributed by atoms with Crippen LogP contribution in [0.15, 0.2) is 42.5 Å². The van der Waals surface area contributed by atoms with Gasteiger partial charge in [-0.1, -0.05) is 17.7 Å². The number of anilines is 1. The zero-order valence-electron chi connectivity index (χ0n) is 11.9. The summed E-state index contributed by atoms with van der Waals surface area (Å²) in [6.07, 6.45) is 2.04. The molecule has 21 heavy (non-hydrogen) atoms. The molecule has 0 bridgehead atoms. The van der Waals surface area contributed by atoms with Gasteiger partial charge in [0.1, 0.15) is 0 Å². The second kappa shape index (κ2) is 6.27. The highest BCUT2D eigenvalue weighted by atomic mass is 35.5. The number of hydrogen-bond acceptors (Lipinski definition) is 3. The van der Waals surface area contributed by atoms with Crippen LogP contribution in [0.1, 0.15) is 18.9 Å². The third-order valence-electron chi connectivity index (χ3n) is 3.56. The molecule has 1 unspecified atom stereocenters. The first-order chi connectivity index (χ1) is 10.2. The molecule has 2 aromatic rings. The van der Waals surface area contributed by atoms with E-state index in [-0.39, 0.29) is 0 Å². The van der Waals surface area contributed by atoms with Crippen LogP contribution in [0, 0.1) is 0 Å². The highest BCUT2D eigenvalue weighted by Crippen LogP contribution is 2.32. The molecule has 0 saturated carbocycles. The Hall–Kier alpha value is -1.87. The SMILES string of the molecule is CC(CCc1ccc2c(c1)OCO2)Nc1ccc(Cl)cc1. The van der Waals surface area contributed by atoms with Crippen LogP contribution in [0.4, 0.5) is 5.69 Å². The average molecular weight is 304 g/mol. The predicted octanol–water partition coefficient (Wildman–Crippen LogP) is 4.50. The minimum absolute atomic E-state index is 0.327. The van der Waals surface area contributed by atoms with Crippen molar-refractivity contribution in [3.63, 3.8) is 0 Å². The molecule has 110 valence electrons. The molecular formula is C17H18ClNO2. The Kier molecular flexibility index (Phi) is 4.20. The van der Waals surface area contributed by atoms with Gasteiger partial charge in [-0.2, -0.15) is 0 Å². The minimum atomic E-state index is 0.327. The molecule has 0 saturated heterocycles. The van der Waals surface area contributed by atoms with Crippen LogP contribution >= 0.6 is 11.6 Å². The highest BCUT2D eigenvalue weighted by molar-refractivity contribution is 6.30. The lowest BCUT2D eigenvalue weighted by atomic mass is 10.1. The molecule has 1 N–H and O–H groups in total. The smallest absolute Gasteiger partial charge is 0.231 e. The van der Waals surface area contributed by atoms with Crippen molar-refractivity contribution < 1.29 is 9.47 Å². The van der Waals surface area contributed by atoms with Crippen molar-refractivity contribution in [1.82, 2.24) is 0 Å². The monoisotopic (exact) mass is 303 g/mol. The number of hydrogen-bond donors (Lipinski definition) is 1. The Balaban J connectivity index is 1.53. The van der Waals surface area contributed by atoms with Crippen molar-refractivity contribution in [3.05, 3.63) is 53.1 Å². The molecule has 3 rings (SSSR count). The van der Waals surface area contributed by atoms with Crippen LogP contribution < -0.4 is 14.8 Å². The molecule has 1 aliphatic rings. The van der Waals surface area contributed by atoms with Crippen LogP contribution in [-0.2, 0) is 6.42 Å². The topological polar surface area (TPSA) is 30.5 Å². The Morgan fingerprint density at radius 2 is 1.86 bits per heavy atom. The van der Waals surface area contributed by atoms with E-state index in [0.717, 1.165) is 35.1 Å². The maximum absolute atomic E-state index is 5.89. The fourth-order valence-corrected chi connectivity index (χ4v) is 2.51. The summed E-state index contributed by atoms with van der Waals surface area (Å²) in [5.41, 5.74) is 2.36. The summed E-state index contributed by atoms with van der Waals surface area (Å²) in [4.78, 5) is 0. The Bertz CT molecular complexity index is 613. The quantitative estimate of drug-likeness (QED) is 0.882. The van der Waals surface area contributed by atoms with E-state index in [2.05, 4.69) is 24.4 Å². The standard InChI is InChI=1S/C17H18ClNO2/c1-12(19-15-7-5-14(18)6-8-15)2-3-13-4-9-16-17(10-13)21-11-20-16/h4-10,12,19H,2-3,11H2,1H3. The van der Waals surface area contributed by atoms with Gasteiger partial charge in [-0.15, -0.1) is 0 Å². The van der Waals surface area contributed by atoms with Crippen molar-refractivity contribution in [2.75, 3.05) is 12.1 Å².